The Labute approximate surface area is 146 Å². The molecule has 0 saturated heterocycles. The largest absolute Gasteiger partial charge is 0.497 e. The molecule has 2 rings (SSSR count). The van der Waals surface area contributed by atoms with E-state index >= 15 is 0 Å². The third kappa shape index (κ3) is 3.68. The van der Waals surface area contributed by atoms with E-state index in [9.17, 15) is 4.79 Å². The van der Waals surface area contributed by atoms with Crippen molar-refractivity contribution in [2.75, 3.05) is 20.8 Å². The van der Waals surface area contributed by atoms with Crippen LogP contribution in [0.25, 0.3) is 0 Å². The molecule has 1 heterocycles. The fourth-order valence-corrected chi connectivity index (χ4v) is 2.75. The minimum Gasteiger partial charge on any atom is -0.497 e. The zero-order valence-corrected chi connectivity index (χ0v) is 14.7. The maximum Gasteiger partial charge on any atom is 0.338 e. The van der Waals surface area contributed by atoms with Gasteiger partial charge in [-0.2, -0.15) is 0 Å². The summed E-state index contributed by atoms with van der Waals surface area (Å²) >= 11 is 5.23. The van der Waals surface area contributed by atoms with Crippen molar-refractivity contribution < 1.29 is 19.0 Å². The quantitative estimate of drug-likeness (QED) is 0.464. The van der Waals surface area contributed by atoms with E-state index in [0.29, 0.717) is 27.9 Å². The van der Waals surface area contributed by atoms with Gasteiger partial charge in [0.2, 0.25) is 0 Å². The third-order valence-corrected chi connectivity index (χ3v) is 3.79. The molecule has 0 amide bonds. The highest BCUT2D eigenvalue weighted by atomic mass is 32.1. The zero-order chi connectivity index (χ0) is 17.7. The third-order valence-electron chi connectivity index (χ3n) is 3.57. The number of rotatable bonds is 6. The molecule has 0 fully saturated rings. The molecule has 7 heteroatoms. The lowest BCUT2D eigenvalue weighted by Gasteiger charge is -2.30. The number of methoxy groups -OCH3 is 2. The van der Waals surface area contributed by atoms with Crippen molar-refractivity contribution in [3.63, 3.8) is 0 Å². The summed E-state index contributed by atoms with van der Waals surface area (Å²) in [6.45, 7) is 5.46. The van der Waals surface area contributed by atoms with Crippen LogP contribution in [0.5, 0.6) is 11.5 Å². The SMILES string of the molecule is C=CCOC(=O)C1=C(C)NC(=S)N[C@H]1c1cc(OC)ccc1OC. The van der Waals surface area contributed by atoms with Crippen LogP contribution in [0.1, 0.15) is 18.5 Å². The number of hydrogen-bond acceptors (Lipinski definition) is 5. The van der Waals surface area contributed by atoms with E-state index in [-0.39, 0.29) is 6.61 Å². The highest BCUT2D eigenvalue weighted by Crippen LogP contribution is 2.35. The molecule has 24 heavy (non-hydrogen) atoms. The highest BCUT2D eigenvalue weighted by Gasteiger charge is 2.33. The minimum absolute atomic E-state index is 0.127. The number of carbonyl (C=O) groups is 1. The summed E-state index contributed by atoms with van der Waals surface area (Å²) < 4.78 is 15.9. The van der Waals surface area contributed by atoms with Crippen LogP contribution in [-0.4, -0.2) is 31.9 Å². The monoisotopic (exact) mass is 348 g/mol. The molecule has 0 aromatic heterocycles. The lowest BCUT2D eigenvalue weighted by Crippen LogP contribution is -2.45. The van der Waals surface area contributed by atoms with Crippen molar-refractivity contribution in [3.8, 4) is 11.5 Å². The predicted octanol–water partition coefficient (Wildman–Crippen LogP) is 2.23. The molecule has 0 unspecified atom stereocenters. The molecule has 1 atom stereocenters. The number of benzene rings is 1. The normalized spacial score (nSPS) is 16.8. The molecule has 1 aliphatic rings. The van der Waals surface area contributed by atoms with Gasteiger partial charge >= 0.3 is 5.97 Å². The topological polar surface area (TPSA) is 68.8 Å². The molecule has 1 aromatic carbocycles. The molecule has 6 nitrogen and oxygen atoms in total. The van der Waals surface area contributed by atoms with Gasteiger partial charge in [-0.25, -0.2) is 4.79 Å². The summed E-state index contributed by atoms with van der Waals surface area (Å²) in [6.07, 6.45) is 1.52. The first kappa shape index (κ1) is 17.8. The molecule has 0 radical (unpaired) electrons. The molecule has 2 N–H and O–H groups in total. The number of esters is 1. The molecule has 0 saturated carbocycles. The maximum atomic E-state index is 12.5. The molecule has 0 bridgehead atoms. The molecule has 1 aliphatic heterocycles. The number of ether oxygens (including phenoxy) is 3. The second-order valence-electron chi connectivity index (χ2n) is 5.07. The minimum atomic E-state index is -0.513. The zero-order valence-electron chi connectivity index (χ0n) is 13.8. The van der Waals surface area contributed by atoms with Gasteiger partial charge in [0.05, 0.1) is 25.8 Å². The van der Waals surface area contributed by atoms with E-state index in [4.69, 9.17) is 26.4 Å². The summed E-state index contributed by atoms with van der Waals surface area (Å²) in [4.78, 5) is 12.5. The highest BCUT2D eigenvalue weighted by molar-refractivity contribution is 7.80. The van der Waals surface area contributed by atoms with Crippen molar-refractivity contribution in [1.82, 2.24) is 10.6 Å². The molecule has 0 aliphatic carbocycles. The standard InChI is InChI=1S/C17H20N2O4S/c1-5-8-23-16(20)14-10(2)18-17(24)19-15(14)12-9-11(21-3)6-7-13(12)22-4/h5-7,9,15H,1,8H2,2-4H3,(H2,18,19,24)/t15-/m0/s1. The summed E-state index contributed by atoms with van der Waals surface area (Å²) in [7, 11) is 3.14. The van der Waals surface area contributed by atoms with Crippen LogP contribution in [-0.2, 0) is 9.53 Å². The second-order valence-corrected chi connectivity index (χ2v) is 5.47. The Morgan fingerprint density at radius 1 is 1.38 bits per heavy atom. The van der Waals surface area contributed by atoms with Crippen LogP contribution in [0.4, 0.5) is 0 Å². The summed E-state index contributed by atoms with van der Waals surface area (Å²) in [5, 5.41) is 6.47. The van der Waals surface area contributed by atoms with Crippen molar-refractivity contribution in [2.24, 2.45) is 0 Å². The molecule has 128 valence electrons. The van der Waals surface area contributed by atoms with Gasteiger partial charge in [-0.15, -0.1) is 0 Å². The first-order chi connectivity index (χ1) is 11.5. The van der Waals surface area contributed by atoms with Crippen LogP contribution in [0.3, 0.4) is 0 Å². The van der Waals surface area contributed by atoms with E-state index in [2.05, 4.69) is 17.2 Å². The van der Waals surface area contributed by atoms with Crippen molar-refractivity contribution in [2.45, 2.75) is 13.0 Å². The number of allylic oxidation sites excluding steroid dienone is 1. The summed E-state index contributed by atoms with van der Waals surface area (Å²) in [6, 6.07) is 4.86. The lowest BCUT2D eigenvalue weighted by molar-refractivity contribution is -0.138. The van der Waals surface area contributed by atoms with Gasteiger partial charge in [0.15, 0.2) is 5.11 Å². The number of nitrogens with one attached hydrogen (secondary N) is 2. The molecular weight excluding hydrogens is 328 g/mol. The summed E-state index contributed by atoms with van der Waals surface area (Å²) in [5.74, 6) is 0.804. The fraction of sp³-hybridized carbons (Fsp3) is 0.294. The van der Waals surface area contributed by atoms with Crippen molar-refractivity contribution in [1.29, 1.82) is 0 Å². The summed E-state index contributed by atoms with van der Waals surface area (Å²) in [5.41, 5.74) is 1.78. The van der Waals surface area contributed by atoms with E-state index in [1.165, 1.54) is 6.08 Å². The number of hydrogen-bond donors (Lipinski definition) is 2. The van der Waals surface area contributed by atoms with Gasteiger partial charge in [-0.1, -0.05) is 12.7 Å². The Hall–Kier alpha value is -2.54. The van der Waals surface area contributed by atoms with Crippen molar-refractivity contribution >= 4 is 23.3 Å². The number of thiocarbonyl (C=S) groups is 1. The average molecular weight is 348 g/mol. The van der Waals surface area contributed by atoms with Crippen LogP contribution < -0.4 is 20.1 Å². The molecular formula is C17H20N2O4S. The average Bonchev–Trinajstić information content (AvgIpc) is 2.58. The first-order valence-corrected chi connectivity index (χ1v) is 7.70. The van der Waals surface area contributed by atoms with E-state index in [0.717, 1.165) is 5.56 Å². The Kier molecular flexibility index (Phi) is 5.81. The van der Waals surface area contributed by atoms with Crippen LogP contribution in [0.15, 0.2) is 42.1 Å². The second kappa shape index (κ2) is 7.83. The van der Waals surface area contributed by atoms with E-state index < -0.39 is 12.0 Å². The van der Waals surface area contributed by atoms with Gasteiger partial charge < -0.3 is 24.8 Å². The van der Waals surface area contributed by atoms with Gasteiger partial charge in [0.25, 0.3) is 0 Å². The maximum absolute atomic E-state index is 12.5. The van der Waals surface area contributed by atoms with Gasteiger partial charge in [-0.3, -0.25) is 0 Å². The fourth-order valence-electron chi connectivity index (χ4n) is 2.48. The molecule has 1 aromatic rings. The van der Waals surface area contributed by atoms with Gasteiger partial charge in [0, 0.05) is 11.3 Å². The van der Waals surface area contributed by atoms with Gasteiger partial charge in [0.1, 0.15) is 18.1 Å². The Bertz CT molecular complexity index is 700. The Morgan fingerprint density at radius 3 is 2.75 bits per heavy atom. The molecule has 0 spiro atoms. The van der Waals surface area contributed by atoms with Crippen LogP contribution in [0.2, 0.25) is 0 Å². The van der Waals surface area contributed by atoms with Crippen LogP contribution in [0, 0.1) is 0 Å². The van der Waals surface area contributed by atoms with Gasteiger partial charge in [-0.05, 0) is 37.3 Å². The Balaban J connectivity index is 2.52. The van der Waals surface area contributed by atoms with E-state index in [1.54, 1.807) is 39.3 Å². The lowest BCUT2D eigenvalue weighted by atomic mass is 9.94. The smallest absolute Gasteiger partial charge is 0.338 e. The van der Waals surface area contributed by atoms with Crippen molar-refractivity contribution in [3.05, 3.63) is 47.7 Å². The number of carbonyl (C=O) groups excluding carboxylic acids is 1. The predicted molar refractivity (Wildman–Crippen MR) is 95.0 cm³/mol. The first-order valence-electron chi connectivity index (χ1n) is 7.30. The van der Waals surface area contributed by atoms with Crippen LogP contribution >= 0.6 is 12.2 Å². The van der Waals surface area contributed by atoms with E-state index in [1.807, 2.05) is 0 Å². The Morgan fingerprint density at radius 2 is 2.12 bits per heavy atom.